The molecule has 0 aliphatic carbocycles. The fourth-order valence-electron chi connectivity index (χ4n) is 2.86. The summed E-state index contributed by atoms with van der Waals surface area (Å²) >= 11 is 0. The second kappa shape index (κ2) is 8.42. The van der Waals surface area contributed by atoms with Gasteiger partial charge in [0.15, 0.2) is 0 Å². The van der Waals surface area contributed by atoms with Gasteiger partial charge in [-0.05, 0) is 30.7 Å². The van der Waals surface area contributed by atoms with Gasteiger partial charge in [-0.15, -0.1) is 0 Å². The Morgan fingerprint density at radius 3 is 3.00 bits per heavy atom. The predicted molar refractivity (Wildman–Crippen MR) is 91.7 cm³/mol. The van der Waals surface area contributed by atoms with Gasteiger partial charge in [0, 0.05) is 43.6 Å². The van der Waals surface area contributed by atoms with E-state index in [4.69, 9.17) is 10.00 Å². The van der Waals surface area contributed by atoms with Crippen molar-refractivity contribution >= 4 is 5.91 Å². The number of morpholine rings is 1. The van der Waals surface area contributed by atoms with Crippen molar-refractivity contribution in [2.45, 2.75) is 19.1 Å². The van der Waals surface area contributed by atoms with Crippen LogP contribution in [0, 0.1) is 11.3 Å². The topological polar surface area (TPSA) is 94.0 Å². The molecule has 130 valence electrons. The monoisotopic (exact) mass is 339 g/mol. The van der Waals surface area contributed by atoms with E-state index in [2.05, 4.69) is 20.2 Å². The molecule has 1 aromatic carbocycles. The van der Waals surface area contributed by atoms with E-state index < -0.39 is 0 Å². The number of H-pyrrole nitrogens is 1. The summed E-state index contributed by atoms with van der Waals surface area (Å²) in [7, 11) is 0. The molecule has 1 unspecified atom stereocenters. The smallest absolute Gasteiger partial charge is 0.251 e. The number of carbonyl (C=O) groups is 1. The standard InChI is InChI=1S/C18H21N5O2/c19-9-14-1-3-15(4-2-14)18(24)21-6-5-17-12-23(7-8-25-17)11-16-10-20-13-22-16/h1-4,10,13,17H,5-8,11-12H2,(H,20,22)(H,21,24). The van der Waals surface area contributed by atoms with Crippen molar-refractivity contribution in [3.63, 3.8) is 0 Å². The molecule has 2 N–H and O–H groups in total. The van der Waals surface area contributed by atoms with Crippen LogP contribution >= 0.6 is 0 Å². The number of nitriles is 1. The minimum Gasteiger partial charge on any atom is -0.375 e. The summed E-state index contributed by atoms with van der Waals surface area (Å²) in [5, 5.41) is 11.7. The Hall–Kier alpha value is -2.69. The molecule has 7 nitrogen and oxygen atoms in total. The van der Waals surface area contributed by atoms with Gasteiger partial charge < -0.3 is 15.0 Å². The fraction of sp³-hybridized carbons (Fsp3) is 0.389. The lowest BCUT2D eigenvalue weighted by Gasteiger charge is -2.32. The van der Waals surface area contributed by atoms with Crippen molar-refractivity contribution in [2.75, 3.05) is 26.2 Å². The molecule has 2 heterocycles. The van der Waals surface area contributed by atoms with E-state index in [1.54, 1.807) is 30.6 Å². The third-order valence-electron chi connectivity index (χ3n) is 4.20. The zero-order chi connectivity index (χ0) is 17.5. The number of carbonyl (C=O) groups excluding carboxylic acids is 1. The maximum absolute atomic E-state index is 12.1. The van der Waals surface area contributed by atoms with Crippen LogP contribution in [0.15, 0.2) is 36.8 Å². The van der Waals surface area contributed by atoms with Crippen LogP contribution in [-0.2, 0) is 11.3 Å². The second-order valence-corrected chi connectivity index (χ2v) is 6.04. The molecule has 1 aliphatic rings. The van der Waals surface area contributed by atoms with Gasteiger partial charge in [-0.2, -0.15) is 5.26 Å². The van der Waals surface area contributed by atoms with Crippen molar-refractivity contribution in [1.29, 1.82) is 5.26 Å². The molecular weight excluding hydrogens is 318 g/mol. The van der Waals surface area contributed by atoms with Crippen LogP contribution < -0.4 is 5.32 Å². The van der Waals surface area contributed by atoms with Gasteiger partial charge in [0.2, 0.25) is 0 Å². The Kier molecular flexibility index (Phi) is 5.77. The molecule has 0 saturated carbocycles. The quantitative estimate of drug-likeness (QED) is 0.827. The van der Waals surface area contributed by atoms with Crippen LogP contribution in [0.2, 0.25) is 0 Å². The van der Waals surface area contributed by atoms with E-state index in [-0.39, 0.29) is 12.0 Å². The van der Waals surface area contributed by atoms with Crippen molar-refractivity contribution < 1.29 is 9.53 Å². The highest BCUT2D eigenvalue weighted by Gasteiger charge is 2.20. The molecule has 1 aliphatic heterocycles. The minimum absolute atomic E-state index is 0.109. The lowest BCUT2D eigenvalue weighted by molar-refractivity contribution is -0.0345. The van der Waals surface area contributed by atoms with Crippen LogP contribution in [0.4, 0.5) is 0 Å². The molecule has 7 heteroatoms. The number of rotatable bonds is 6. The molecule has 1 atom stereocenters. The molecule has 1 amide bonds. The first-order chi connectivity index (χ1) is 12.2. The Morgan fingerprint density at radius 1 is 1.44 bits per heavy atom. The van der Waals surface area contributed by atoms with E-state index in [1.165, 1.54) is 0 Å². The van der Waals surface area contributed by atoms with E-state index >= 15 is 0 Å². The van der Waals surface area contributed by atoms with Crippen molar-refractivity contribution in [3.05, 3.63) is 53.6 Å². The van der Waals surface area contributed by atoms with Gasteiger partial charge >= 0.3 is 0 Å². The van der Waals surface area contributed by atoms with Crippen molar-refractivity contribution in [3.8, 4) is 6.07 Å². The Balaban J connectivity index is 1.41. The third kappa shape index (κ3) is 4.89. The highest BCUT2D eigenvalue weighted by molar-refractivity contribution is 5.94. The summed E-state index contributed by atoms with van der Waals surface area (Å²) in [6.07, 6.45) is 4.40. The highest BCUT2D eigenvalue weighted by Crippen LogP contribution is 2.11. The molecular formula is C18H21N5O2. The number of aromatic nitrogens is 2. The molecule has 1 aromatic heterocycles. The lowest BCUT2D eigenvalue weighted by Crippen LogP contribution is -2.43. The van der Waals surface area contributed by atoms with E-state index in [9.17, 15) is 4.79 Å². The summed E-state index contributed by atoms with van der Waals surface area (Å²) < 4.78 is 5.79. The van der Waals surface area contributed by atoms with Gasteiger partial charge in [-0.25, -0.2) is 4.98 Å². The van der Waals surface area contributed by atoms with Crippen molar-refractivity contribution in [1.82, 2.24) is 20.2 Å². The van der Waals surface area contributed by atoms with Crippen molar-refractivity contribution in [2.24, 2.45) is 0 Å². The number of aromatic amines is 1. The molecule has 25 heavy (non-hydrogen) atoms. The molecule has 0 radical (unpaired) electrons. The normalized spacial score (nSPS) is 17.8. The lowest BCUT2D eigenvalue weighted by atomic mass is 10.1. The van der Waals surface area contributed by atoms with Gasteiger partial charge in [-0.3, -0.25) is 9.69 Å². The number of nitrogens with zero attached hydrogens (tertiary/aromatic N) is 3. The largest absolute Gasteiger partial charge is 0.375 e. The number of ether oxygens (including phenoxy) is 1. The number of hydrogen-bond acceptors (Lipinski definition) is 5. The molecule has 1 fully saturated rings. The van der Waals surface area contributed by atoms with Crippen LogP contribution in [0.1, 0.15) is 28.0 Å². The summed E-state index contributed by atoms with van der Waals surface area (Å²) in [6, 6.07) is 8.66. The number of amides is 1. The number of nitrogens with one attached hydrogen (secondary N) is 2. The Morgan fingerprint density at radius 2 is 2.28 bits per heavy atom. The van der Waals surface area contributed by atoms with Gasteiger partial charge in [0.1, 0.15) is 0 Å². The average molecular weight is 339 g/mol. The fourth-order valence-corrected chi connectivity index (χ4v) is 2.86. The number of imidazole rings is 1. The molecule has 1 saturated heterocycles. The SMILES string of the molecule is N#Cc1ccc(C(=O)NCCC2CN(Cc3cnc[nH]3)CCO2)cc1. The van der Waals surface area contributed by atoms with Crippen LogP contribution in [0.25, 0.3) is 0 Å². The molecule has 0 spiro atoms. The van der Waals surface area contributed by atoms with Crippen LogP contribution in [-0.4, -0.2) is 53.1 Å². The third-order valence-corrected chi connectivity index (χ3v) is 4.20. The summed E-state index contributed by atoms with van der Waals surface area (Å²) in [4.78, 5) is 21.6. The first-order valence-corrected chi connectivity index (χ1v) is 8.34. The number of benzene rings is 1. The van der Waals surface area contributed by atoms with E-state index in [0.29, 0.717) is 24.3 Å². The van der Waals surface area contributed by atoms with Gasteiger partial charge in [0.05, 0.1) is 30.7 Å². The Bertz CT molecular complexity index is 721. The second-order valence-electron chi connectivity index (χ2n) is 6.04. The molecule has 0 bridgehead atoms. The predicted octanol–water partition coefficient (Wildman–Crippen LogP) is 1.30. The molecule has 2 aromatic rings. The first-order valence-electron chi connectivity index (χ1n) is 8.34. The number of hydrogen-bond donors (Lipinski definition) is 2. The summed E-state index contributed by atoms with van der Waals surface area (Å²) in [5.41, 5.74) is 2.20. The van der Waals surface area contributed by atoms with Crippen LogP contribution in [0.5, 0.6) is 0 Å². The maximum atomic E-state index is 12.1. The molecule has 3 rings (SSSR count). The zero-order valence-corrected chi connectivity index (χ0v) is 13.9. The van der Waals surface area contributed by atoms with Gasteiger partial charge in [-0.1, -0.05) is 0 Å². The zero-order valence-electron chi connectivity index (χ0n) is 13.9. The summed E-state index contributed by atoms with van der Waals surface area (Å²) in [5.74, 6) is -0.130. The summed E-state index contributed by atoms with van der Waals surface area (Å²) in [6.45, 7) is 3.82. The van der Waals surface area contributed by atoms with Crippen LogP contribution in [0.3, 0.4) is 0 Å². The van der Waals surface area contributed by atoms with E-state index in [1.807, 2.05) is 12.3 Å². The maximum Gasteiger partial charge on any atom is 0.251 e. The Labute approximate surface area is 146 Å². The highest BCUT2D eigenvalue weighted by atomic mass is 16.5. The first kappa shape index (κ1) is 17.1. The minimum atomic E-state index is -0.130. The van der Waals surface area contributed by atoms with Gasteiger partial charge in [0.25, 0.3) is 5.91 Å². The van der Waals surface area contributed by atoms with E-state index in [0.717, 1.165) is 31.7 Å². The average Bonchev–Trinajstić information content (AvgIpc) is 3.15.